The number of piperidine rings is 1. The van der Waals surface area contributed by atoms with Gasteiger partial charge in [-0.2, -0.15) is 0 Å². The molecule has 1 atom stereocenters. The fourth-order valence-electron chi connectivity index (χ4n) is 3.50. The monoisotopic (exact) mass is 360 g/mol. The van der Waals surface area contributed by atoms with Crippen LogP contribution in [0.4, 0.5) is 0 Å². The van der Waals surface area contributed by atoms with Crippen molar-refractivity contribution in [2.24, 2.45) is 0 Å². The Hall–Kier alpha value is -1.66. The maximum absolute atomic E-state index is 12.8. The summed E-state index contributed by atoms with van der Waals surface area (Å²) in [6, 6.07) is 3.98. The number of amides is 1. The fourth-order valence-corrected chi connectivity index (χ4v) is 4.34. The number of rotatable bonds is 6. The van der Waals surface area contributed by atoms with Crippen molar-refractivity contribution >= 4 is 17.2 Å². The highest BCUT2D eigenvalue weighted by atomic mass is 32.1. The lowest BCUT2D eigenvalue weighted by Gasteiger charge is -2.32. The van der Waals surface area contributed by atoms with Crippen molar-refractivity contribution in [3.63, 3.8) is 0 Å². The Morgan fingerprint density at radius 3 is 2.96 bits per heavy atom. The Morgan fingerprint density at radius 2 is 2.24 bits per heavy atom. The van der Waals surface area contributed by atoms with Crippen molar-refractivity contribution in [2.75, 3.05) is 33.7 Å². The summed E-state index contributed by atoms with van der Waals surface area (Å²) in [6.45, 7) is 5.74. The van der Waals surface area contributed by atoms with E-state index in [4.69, 9.17) is 0 Å². The highest BCUT2D eigenvalue weighted by Gasteiger charge is 2.28. The summed E-state index contributed by atoms with van der Waals surface area (Å²) in [5.41, 5.74) is 0. The van der Waals surface area contributed by atoms with E-state index in [2.05, 4.69) is 34.7 Å². The molecule has 2 aromatic heterocycles. The quantitative estimate of drug-likeness (QED) is 0.794. The van der Waals surface area contributed by atoms with E-state index in [1.165, 1.54) is 4.88 Å². The van der Waals surface area contributed by atoms with Gasteiger partial charge in [0.05, 0.1) is 4.88 Å². The summed E-state index contributed by atoms with van der Waals surface area (Å²) >= 11 is 1.59. The Morgan fingerprint density at radius 1 is 1.40 bits per heavy atom. The predicted molar refractivity (Wildman–Crippen MR) is 102 cm³/mol. The molecule has 3 rings (SSSR count). The first-order valence-corrected chi connectivity index (χ1v) is 9.87. The summed E-state index contributed by atoms with van der Waals surface area (Å²) in [4.78, 5) is 23.6. The van der Waals surface area contributed by atoms with Gasteiger partial charge in [-0.1, -0.05) is 0 Å². The Balaban J connectivity index is 1.65. The molecular formula is C19H28N4OS. The van der Waals surface area contributed by atoms with Crippen LogP contribution >= 0.6 is 11.3 Å². The zero-order valence-corrected chi connectivity index (χ0v) is 16.3. The van der Waals surface area contributed by atoms with Gasteiger partial charge < -0.3 is 14.4 Å². The molecule has 0 aromatic carbocycles. The molecule has 1 aliphatic heterocycles. The van der Waals surface area contributed by atoms with Gasteiger partial charge in [0.1, 0.15) is 5.82 Å². The molecule has 2 aromatic rings. The van der Waals surface area contributed by atoms with Crippen molar-refractivity contribution in [3.8, 4) is 0 Å². The minimum absolute atomic E-state index is 0.175. The zero-order valence-electron chi connectivity index (χ0n) is 15.4. The average Bonchev–Trinajstić information content (AvgIpc) is 3.23. The summed E-state index contributed by atoms with van der Waals surface area (Å²) in [5.74, 6) is 1.65. The molecule has 0 bridgehead atoms. The van der Waals surface area contributed by atoms with Crippen LogP contribution in [0.2, 0.25) is 0 Å². The van der Waals surface area contributed by atoms with Crippen LogP contribution in [0.3, 0.4) is 0 Å². The number of hydrogen-bond acceptors (Lipinski definition) is 4. The van der Waals surface area contributed by atoms with Crippen LogP contribution in [0.25, 0.3) is 0 Å². The molecule has 136 valence electrons. The van der Waals surface area contributed by atoms with Crippen molar-refractivity contribution in [1.82, 2.24) is 19.4 Å². The van der Waals surface area contributed by atoms with Gasteiger partial charge in [0.2, 0.25) is 0 Å². The van der Waals surface area contributed by atoms with Gasteiger partial charge in [0, 0.05) is 42.8 Å². The van der Waals surface area contributed by atoms with Crippen LogP contribution in [0, 0.1) is 6.92 Å². The molecule has 0 radical (unpaired) electrons. The number of thiophene rings is 1. The van der Waals surface area contributed by atoms with Gasteiger partial charge in [-0.3, -0.25) is 4.79 Å². The molecule has 1 saturated heterocycles. The van der Waals surface area contributed by atoms with Gasteiger partial charge >= 0.3 is 0 Å². The van der Waals surface area contributed by atoms with Gasteiger partial charge in [-0.25, -0.2) is 4.98 Å². The van der Waals surface area contributed by atoms with E-state index in [1.54, 1.807) is 11.3 Å². The minimum atomic E-state index is 0.175. The van der Waals surface area contributed by atoms with E-state index >= 15 is 0 Å². The van der Waals surface area contributed by atoms with Crippen LogP contribution in [0.1, 0.15) is 45.6 Å². The third kappa shape index (κ3) is 4.50. The largest absolute Gasteiger partial charge is 0.337 e. The molecule has 0 aliphatic carbocycles. The molecule has 0 spiro atoms. The number of aryl methyl sites for hydroxylation is 2. The molecule has 1 aliphatic rings. The highest BCUT2D eigenvalue weighted by Crippen LogP contribution is 2.28. The lowest BCUT2D eigenvalue weighted by molar-refractivity contribution is 0.0708. The first kappa shape index (κ1) is 18.1. The number of carbonyl (C=O) groups excluding carboxylic acids is 1. The zero-order chi connectivity index (χ0) is 17.8. The number of nitrogens with zero attached hydrogens (tertiary/aromatic N) is 4. The average molecular weight is 361 g/mol. The molecular weight excluding hydrogens is 332 g/mol. The molecule has 1 fully saturated rings. The van der Waals surface area contributed by atoms with E-state index in [1.807, 2.05) is 30.2 Å². The number of hydrogen-bond donors (Lipinski definition) is 0. The van der Waals surface area contributed by atoms with Gasteiger partial charge in [0.25, 0.3) is 5.91 Å². The second-order valence-corrected chi connectivity index (χ2v) is 8.42. The van der Waals surface area contributed by atoms with Crippen LogP contribution in [0.15, 0.2) is 24.5 Å². The SMILES string of the molecule is Cc1ccc(C(=O)N2CCC[C@@H](c3nccn3CCCN(C)C)C2)s1. The first-order valence-electron chi connectivity index (χ1n) is 9.06. The second-order valence-electron chi connectivity index (χ2n) is 7.14. The molecule has 6 heteroatoms. The van der Waals surface area contributed by atoms with Crippen molar-refractivity contribution < 1.29 is 4.79 Å². The van der Waals surface area contributed by atoms with E-state index in [0.29, 0.717) is 5.92 Å². The Kier molecular flexibility index (Phi) is 5.91. The standard InChI is InChI=1S/C19H28N4OS/c1-15-7-8-17(25-15)19(24)23-11-4-6-16(14-23)18-20-9-13-22(18)12-5-10-21(2)3/h7-9,13,16H,4-6,10-12,14H2,1-3H3/t16-/m1/s1. The normalized spacial score (nSPS) is 18.1. The van der Waals surface area contributed by atoms with Gasteiger partial charge in [0.15, 0.2) is 0 Å². The molecule has 0 saturated carbocycles. The molecule has 5 nitrogen and oxygen atoms in total. The summed E-state index contributed by atoms with van der Waals surface area (Å²) < 4.78 is 2.28. The number of likely N-dealkylation sites (tertiary alicyclic amines) is 1. The molecule has 3 heterocycles. The lowest BCUT2D eigenvalue weighted by Crippen LogP contribution is -2.39. The number of imidazole rings is 1. The Labute approximate surface area is 154 Å². The van der Waals surface area contributed by atoms with Crippen LogP contribution in [-0.4, -0.2) is 59.0 Å². The van der Waals surface area contributed by atoms with Gasteiger partial charge in [-0.15, -0.1) is 11.3 Å². The Bertz CT molecular complexity index is 706. The molecule has 0 N–H and O–H groups in total. The third-order valence-corrected chi connectivity index (χ3v) is 5.77. The number of carbonyl (C=O) groups is 1. The van der Waals surface area contributed by atoms with E-state index in [-0.39, 0.29) is 5.91 Å². The van der Waals surface area contributed by atoms with E-state index in [9.17, 15) is 4.79 Å². The molecule has 0 unspecified atom stereocenters. The van der Waals surface area contributed by atoms with Crippen molar-refractivity contribution in [3.05, 3.63) is 40.1 Å². The van der Waals surface area contributed by atoms with Crippen molar-refractivity contribution in [2.45, 2.75) is 38.6 Å². The van der Waals surface area contributed by atoms with E-state index in [0.717, 1.165) is 56.1 Å². The molecule has 25 heavy (non-hydrogen) atoms. The fraction of sp³-hybridized carbons (Fsp3) is 0.579. The van der Waals surface area contributed by atoms with E-state index < -0.39 is 0 Å². The molecule has 1 amide bonds. The predicted octanol–water partition coefficient (Wildman–Crippen LogP) is 3.22. The number of aromatic nitrogens is 2. The second kappa shape index (κ2) is 8.15. The van der Waals surface area contributed by atoms with Crippen LogP contribution in [-0.2, 0) is 6.54 Å². The smallest absolute Gasteiger partial charge is 0.263 e. The first-order chi connectivity index (χ1) is 12.0. The van der Waals surface area contributed by atoms with Gasteiger partial charge in [-0.05, 0) is 59.0 Å². The summed E-state index contributed by atoms with van der Waals surface area (Å²) in [7, 11) is 4.21. The van der Waals surface area contributed by atoms with Crippen LogP contribution in [0.5, 0.6) is 0 Å². The minimum Gasteiger partial charge on any atom is -0.337 e. The maximum Gasteiger partial charge on any atom is 0.263 e. The summed E-state index contributed by atoms with van der Waals surface area (Å²) in [6.07, 6.45) is 7.24. The third-order valence-electron chi connectivity index (χ3n) is 4.78. The maximum atomic E-state index is 12.8. The van der Waals surface area contributed by atoms with Crippen molar-refractivity contribution in [1.29, 1.82) is 0 Å². The van der Waals surface area contributed by atoms with Crippen LogP contribution < -0.4 is 0 Å². The highest BCUT2D eigenvalue weighted by molar-refractivity contribution is 7.13. The lowest BCUT2D eigenvalue weighted by atomic mass is 9.97. The summed E-state index contributed by atoms with van der Waals surface area (Å²) in [5, 5.41) is 0. The topological polar surface area (TPSA) is 41.4 Å².